The molecule has 0 aliphatic rings. The summed E-state index contributed by atoms with van der Waals surface area (Å²) in [5.74, 6) is -1.32. The first-order valence-corrected chi connectivity index (χ1v) is 5.44. The van der Waals surface area contributed by atoms with Gasteiger partial charge in [-0.1, -0.05) is 18.2 Å². The first-order valence-electron chi connectivity index (χ1n) is 5.44. The molecule has 1 heterocycles. The lowest BCUT2D eigenvalue weighted by Gasteiger charge is -2.00. The minimum atomic E-state index is -1.06. The Kier molecular flexibility index (Phi) is 3.72. The third kappa shape index (κ3) is 2.74. The second kappa shape index (κ2) is 5.44. The molecule has 0 radical (unpaired) electrons. The number of aryl methyl sites for hydroxylation is 2. The van der Waals surface area contributed by atoms with Crippen LogP contribution in [0.15, 0.2) is 36.5 Å². The summed E-state index contributed by atoms with van der Waals surface area (Å²) < 4.78 is 25.0. The molecule has 0 aliphatic heterocycles. The summed E-state index contributed by atoms with van der Waals surface area (Å²) in [5.41, 5.74) is 1.44. The molecule has 0 saturated heterocycles. The fraction of sp³-hybridized carbons (Fsp3) is 0.154. The number of aromatic nitrogens is 1. The van der Waals surface area contributed by atoms with Crippen molar-refractivity contribution in [3.05, 3.63) is 59.2 Å². The zero-order valence-electron chi connectivity index (χ0n) is 9.45. The topological polar surface area (TPSA) is 42.1 Å². The van der Waals surface area contributed by atoms with Gasteiger partial charge in [0, 0.05) is 10.7 Å². The molecule has 1 N–H and O–H groups in total. The molecule has 2 aromatic rings. The smallest absolute Gasteiger partial charge is 0.355 e. The first kappa shape index (κ1) is 12.3. The van der Waals surface area contributed by atoms with E-state index >= 15 is 0 Å². The van der Waals surface area contributed by atoms with Gasteiger partial charge in [0.05, 0.1) is 0 Å². The minimum absolute atomic E-state index is 0.0426. The van der Waals surface area contributed by atoms with Crippen molar-refractivity contribution in [2.75, 3.05) is 0 Å². The monoisotopic (exact) mass is 251 g/mol. The van der Waals surface area contributed by atoms with Gasteiger partial charge in [0.1, 0.15) is 11.5 Å². The third-order valence-electron chi connectivity index (χ3n) is 2.67. The molecule has 1 aromatic carbocycles. The van der Waals surface area contributed by atoms with Gasteiger partial charge in [0.2, 0.25) is 0 Å². The Bertz CT molecular complexity index is 551. The zero-order chi connectivity index (χ0) is 13.0. The third-order valence-corrected chi connectivity index (χ3v) is 2.67. The second-order valence-corrected chi connectivity index (χ2v) is 3.88. The molecule has 0 bridgehead atoms. The van der Waals surface area contributed by atoms with E-state index in [9.17, 15) is 13.7 Å². The quantitative estimate of drug-likeness (QED) is 0.907. The Morgan fingerprint density at radius 2 is 2.06 bits per heavy atom. The largest absolute Gasteiger partial charge is 0.395 e. The summed E-state index contributed by atoms with van der Waals surface area (Å²) in [5, 5.41) is 0. The Morgan fingerprint density at radius 3 is 2.78 bits per heavy atom. The molecule has 0 aliphatic carbocycles. The minimum Gasteiger partial charge on any atom is -0.355 e. The van der Waals surface area contributed by atoms with Gasteiger partial charge in [-0.05, 0) is 36.1 Å². The molecule has 0 saturated carbocycles. The molecule has 5 heteroatoms. The van der Waals surface area contributed by atoms with E-state index in [-0.39, 0.29) is 11.5 Å². The molecule has 0 atom stereocenters. The second-order valence-electron chi connectivity index (χ2n) is 3.88. The molecule has 94 valence electrons. The highest BCUT2D eigenvalue weighted by Gasteiger charge is 2.10. The Balaban J connectivity index is 2.01. The highest BCUT2D eigenvalue weighted by Crippen LogP contribution is 2.12. The van der Waals surface area contributed by atoms with E-state index in [1.54, 1.807) is 24.4 Å². The number of rotatable bonds is 4. The number of nitrogens with one attached hydrogen (secondary N) is 1. The van der Waals surface area contributed by atoms with Crippen molar-refractivity contribution in [3.63, 3.8) is 0 Å². The van der Waals surface area contributed by atoms with Crippen molar-refractivity contribution in [1.82, 2.24) is 4.98 Å². The number of carbonyl (C=O) groups excluding carboxylic acids is 1. The molecule has 0 fully saturated rings. The van der Waals surface area contributed by atoms with E-state index in [0.29, 0.717) is 18.4 Å². The lowest BCUT2D eigenvalue weighted by atomic mass is 10.1. The molecule has 0 spiro atoms. The summed E-state index contributed by atoms with van der Waals surface area (Å²) in [4.78, 5) is 16.6. The summed E-state index contributed by atoms with van der Waals surface area (Å²) in [7, 11) is 0. The predicted molar refractivity (Wildman–Crippen MR) is 61.1 cm³/mol. The fourth-order valence-electron chi connectivity index (χ4n) is 1.72. The van der Waals surface area contributed by atoms with E-state index in [0.717, 1.165) is 5.56 Å². The Morgan fingerprint density at radius 1 is 1.28 bits per heavy atom. The molecule has 3 nitrogen and oxygen atoms in total. The number of hydrogen-bond donors (Lipinski definition) is 1. The molecule has 18 heavy (non-hydrogen) atoms. The van der Waals surface area contributed by atoms with E-state index < -0.39 is 5.97 Å². The fourth-order valence-corrected chi connectivity index (χ4v) is 1.72. The zero-order valence-corrected chi connectivity index (χ0v) is 9.45. The maximum Gasteiger partial charge on any atom is 0.395 e. The van der Waals surface area contributed by atoms with Crippen LogP contribution in [0.1, 0.15) is 21.6 Å². The van der Waals surface area contributed by atoms with E-state index in [1.807, 2.05) is 0 Å². The van der Waals surface area contributed by atoms with E-state index in [4.69, 9.17) is 0 Å². The van der Waals surface area contributed by atoms with Crippen LogP contribution in [-0.2, 0) is 17.8 Å². The van der Waals surface area contributed by atoms with Crippen molar-refractivity contribution in [3.8, 4) is 0 Å². The highest BCUT2D eigenvalue weighted by molar-refractivity contribution is 5.87. The van der Waals surface area contributed by atoms with Gasteiger partial charge >= 0.3 is 5.97 Å². The molecule has 1 aromatic heterocycles. The van der Waals surface area contributed by atoms with Crippen LogP contribution in [0, 0.1) is 5.82 Å². The predicted octanol–water partition coefficient (Wildman–Crippen LogP) is 2.98. The molecule has 0 unspecified atom stereocenters. The highest BCUT2D eigenvalue weighted by atomic mass is 19.3. The van der Waals surface area contributed by atoms with Crippen molar-refractivity contribution in [2.45, 2.75) is 12.8 Å². The van der Waals surface area contributed by atoms with Crippen LogP contribution in [0.4, 0.5) is 8.92 Å². The average molecular weight is 251 g/mol. The Hall–Kier alpha value is -2.17. The van der Waals surface area contributed by atoms with Gasteiger partial charge < -0.3 is 4.98 Å². The van der Waals surface area contributed by atoms with Gasteiger partial charge in [-0.2, -0.15) is 0 Å². The lowest BCUT2D eigenvalue weighted by molar-refractivity contribution is -0.0792. The lowest BCUT2D eigenvalue weighted by Crippen LogP contribution is -1.98. The normalized spacial score (nSPS) is 10.3. The van der Waals surface area contributed by atoms with Gasteiger partial charge in [0.15, 0.2) is 0 Å². The number of benzene rings is 1. The van der Waals surface area contributed by atoms with E-state index in [2.05, 4.69) is 9.93 Å². The number of H-pyrrole nitrogens is 1. The number of aromatic amines is 1. The van der Waals surface area contributed by atoms with Gasteiger partial charge in [0.25, 0.3) is 0 Å². The number of halogens is 2. The summed E-state index contributed by atoms with van der Waals surface area (Å²) in [6, 6.07) is 7.99. The summed E-state index contributed by atoms with van der Waals surface area (Å²) in [6.07, 6.45) is 2.64. The van der Waals surface area contributed by atoms with Gasteiger partial charge in [-0.3, -0.25) is 0 Å². The summed E-state index contributed by atoms with van der Waals surface area (Å²) in [6.45, 7) is 0. The van der Waals surface area contributed by atoms with Crippen LogP contribution in [-0.4, -0.2) is 11.0 Å². The van der Waals surface area contributed by atoms with Crippen LogP contribution in [0.25, 0.3) is 0 Å². The Labute approximate surface area is 102 Å². The van der Waals surface area contributed by atoms with Crippen molar-refractivity contribution in [2.24, 2.45) is 0 Å². The van der Waals surface area contributed by atoms with Crippen LogP contribution in [0.5, 0.6) is 0 Å². The molecule has 0 amide bonds. The van der Waals surface area contributed by atoms with Crippen molar-refractivity contribution in [1.29, 1.82) is 0 Å². The average Bonchev–Trinajstić information content (AvgIpc) is 2.86. The van der Waals surface area contributed by atoms with Gasteiger partial charge in [-0.15, -0.1) is 0 Å². The molecular weight excluding hydrogens is 240 g/mol. The van der Waals surface area contributed by atoms with Crippen LogP contribution < -0.4 is 0 Å². The maximum atomic E-state index is 13.3. The van der Waals surface area contributed by atoms with Crippen molar-refractivity contribution < 1.29 is 18.7 Å². The van der Waals surface area contributed by atoms with Crippen LogP contribution in [0.2, 0.25) is 0 Å². The maximum absolute atomic E-state index is 13.3. The SMILES string of the molecule is O=C(OF)c1cc(CCc2ccccc2F)c[nH]1. The van der Waals surface area contributed by atoms with Crippen molar-refractivity contribution >= 4 is 5.97 Å². The van der Waals surface area contributed by atoms with Crippen LogP contribution >= 0.6 is 0 Å². The molecular formula is C13H11F2NO2. The number of hydrogen-bond acceptors (Lipinski definition) is 2. The standard InChI is InChI=1S/C13H11F2NO2/c14-11-4-2-1-3-10(11)6-5-9-7-12(16-8-9)13(17)18-15/h1-4,7-8,16H,5-6H2. The van der Waals surface area contributed by atoms with Crippen LogP contribution in [0.3, 0.4) is 0 Å². The first-order chi connectivity index (χ1) is 8.70. The van der Waals surface area contributed by atoms with E-state index in [1.165, 1.54) is 12.1 Å². The summed E-state index contributed by atoms with van der Waals surface area (Å²) >= 11 is 0. The molecule has 2 rings (SSSR count). The number of carbonyl (C=O) groups is 1. The van der Waals surface area contributed by atoms with Gasteiger partial charge in [-0.25, -0.2) is 14.1 Å².